The maximum atomic E-state index is 4.41. The Morgan fingerprint density at radius 3 is 2.71 bits per heavy atom. The Kier molecular flexibility index (Phi) is 3.38. The first-order chi connectivity index (χ1) is 6.79. The zero-order valence-corrected chi connectivity index (χ0v) is 10.6. The third kappa shape index (κ3) is 2.25. The van der Waals surface area contributed by atoms with Crippen molar-refractivity contribution in [3.05, 3.63) is 5.82 Å². The Balaban J connectivity index is 1.95. The minimum atomic E-state index is 0.847. The van der Waals surface area contributed by atoms with Gasteiger partial charge in [0.25, 0.3) is 0 Å². The van der Waals surface area contributed by atoms with Crippen LogP contribution in [0.4, 0.5) is 5.13 Å². The van der Waals surface area contributed by atoms with Gasteiger partial charge < -0.3 is 4.90 Å². The van der Waals surface area contributed by atoms with E-state index in [4.69, 9.17) is 0 Å². The molecule has 0 N–H and O–H groups in total. The normalized spacial score (nSPS) is 18.9. The number of alkyl halides is 1. The van der Waals surface area contributed by atoms with Crippen LogP contribution in [0.5, 0.6) is 0 Å². The molecule has 78 valence electrons. The quantitative estimate of drug-likeness (QED) is 0.777. The summed E-state index contributed by atoms with van der Waals surface area (Å²) in [6.45, 7) is 4.21. The molecule has 0 aromatic carbocycles. The number of halogens is 1. The van der Waals surface area contributed by atoms with E-state index in [0.29, 0.717) is 0 Å². The van der Waals surface area contributed by atoms with Crippen LogP contribution >= 0.6 is 27.5 Å². The molecule has 2 rings (SSSR count). The highest BCUT2D eigenvalue weighted by Crippen LogP contribution is 2.25. The molecule has 0 saturated carbocycles. The van der Waals surface area contributed by atoms with E-state index in [1.54, 1.807) is 0 Å². The minimum Gasteiger partial charge on any atom is -0.347 e. The molecule has 1 aliphatic rings. The van der Waals surface area contributed by atoms with Crippen LogP contribution in [-0.4, -0.2) is 27.8 Å². The molecule has 0 amide bonds. The van der Waals surface area contributed by atoms with Crippen LogP contribution in [0.25, 0.3) is 0 Å². The van der Waals surface area contributed by atoms with Crippen molar-refractivity contribution in [2.24, 2.45) is 5.92 Å². The number of anilines is 1. The van der Waals surface area contributed by atoms with Gasteiger partial charge in [-0.3, -0.25) is 0 Å². The van der Waals surface area contributed by atoms with Gasteiger partial charge in [-0.2, -0.15) is 4.37 Å². The summed E-state index contributed by atoms with van der Waals surface area (Å²) in [6, 6.07) is 0. The number of hydrogen-bond donors (Lipinski definition) is 0. The molecule has 14 heavy (non-hydrogen) atoms. The third-order valence-corrected chi connectivity index (χ3v) is 4.40. The number of aromatic nitrogens is 2. The van der Waals surface area contributed by atoms with Gasteiger partial charge in [0.15, 0.2) is 0 Å². The van der Waals surface area contributed by atoms with Crippen molar-refractivity contribution in [3.63, 3.8) is 0 Å². The summed E-state index contributed by atoms with van der Waals surface area (Å²) in [7, 11) is 0. The number of rotatable bonds is 2. The summed E-state index contributed by atoms with van der Waals surface area (Å²) in [5.41, 5.74) is 0. The smallest absolute Gasteiger partial charge is 0.205 e. The van der Waals surface area contributed by atoms with E-state index in [1.807, 2.05) is 6.92 Å². The van der Waals surface area contributed by atoms with Gasteiger partial charge in [-0.15, -0.1) is 0 Å². The van der Waals surface area contributed by atoms with E-state index >= 15 is 0 Å². The van der Waals surface area contributed by atoms with Gasteiger partial charge in [0, 0.05) is 30.0 Å². The predicted molar refractivity (Wildman–Crippen MR) is 63.4 cm³/mol. The largest absolute Gasteiger partial charge is 0.347 e. The van der Waals surface area contributed by atoms with E-state index in [1.165, 1.54) is 24.4 Å². The molecule has 1 aromatic heterocycles. The number of hydrogen-bond acceptors (Lipinski definition) is 4. The molecule has 0 radical (unpaired) electrons. The molecule has 0 aliphatic carbocycles. The lowest BCUT2D eigenvalue weighted by molar-refractivity contribution is 0.447. The zero-order chi connectivity index (χ0) is 9.97. The van der Waals surface area contributed by atoms with Crippen molar-refractivity contribution in [2.75, 3.05) is 23.3 Å². The van der Waals surface area contributed by atoms with Gasteiger partial charge in [0.1, 0.15) is 5.82 Å². The lowest BCUT2D eigenvalue weighted by Crippen LogP contribution is -2.34. The summed E-state index contributed by atoms with van der Waals surface area (Å²) >= 11 is 5.07. The molecular weight excluding hydrogens is 262 g/mol. The van der Waals surface area contributed by atoms with Crippen LogP contribution in [0.2, 0.25) is 0 Å². The zero-order valence-electron chi connectivity index (χ0n) is 8.24. The number of aryl methyl sites for hydroxylation is 1. The second-order valence-corrected chi connectivity index (χ2v) is 5.09. The Morgan fingerprint density at radius 2 is 2.21 bits per heavy atom. The Morgan fingerprint density at radius 1 is 1.50 bits per heavy atom. The Hall–Kier alpha value is -0.160. The van der Waals surface area contributed by atoms with Crippen LogP contribution in [0, 0.1) is 12.8 Å². The number of piperidine rings is 1. The molecule has 0 atom stereocenters. The molecule has 0 spiro atoms. The maximum Gasteiger partial charge on any atom is 0.205 e. The van der Waals surface area contributed by atoms with Crippen LogP contribution < -0.4 is 4.90 Å². The fourth-order valence-corrected chi connectivity index (χ4v) is 3.07. The molecule has 1 aromatic rings. The van der Waals surface area contributed by atoms with Crippen molar-refractivity contribution in [2.45, 2.75) is 19.8 Å². The molecular formula is C9H14BrN3S. The second kappa shape index (κ2) is 4.57. The SMILES string of the molecule is Cc1nsc(N2CCC(CBr)CC2)n1. The molecule has 1 saturated heterocycles. The lowest BCUT2D eigenvalue weighted by atomic mass is 10.00. The summed E-state index contributed by atoms with van der Waals surface area (Å²) in [4.78, 5) is 6.76. The van der Waals surface area contributed by atoms with Gasteiger partial charge in [-0.1, -0.05) is 15.9 Å². The monoisotopic (exact) mass is 275 g/mol. The van der Waals surface area contributed by atoms with Gasteiger partial charge in [-0.05, 0) is 25.7 Å². The van der Waals surface area contributed by atoms with Gasteiger partial charge in [-0.25, -0.2) is 4.98 Å². The van der Waals surface area contributed by atoms with Gasteiger partial charge in [0.2, 0.25) is 5.13 Å². The average Bonchev–Trinajstić information content (AvgIpc) is 2.65. The fourth-order valence-electron chi connectivity index (χ4n) is 1.69. The highest BCUT2D eigenvalue weighted by atomic mass is 79.9. The Labute approximate surface area is 96.8 Å². The van der Waals surface area contributed by atoms with E-state index in [2.05, 4.69) is 30.2 Å². The van der Waals surface area contributed by atoms with Crippen LogP contribution in [0.15, 0.2) is 0 Å². The standard InChI is InChI=1S/C9H14BrN3S/c1-7-11-9(14-12-7)13-4-2-8(6-10)3-5-13/h8H,2-6H2,1H3. The summed E-state index contributed by atoms with van der Waals surface area (Å²) < 4.78 is 4.21. The van der Waals surface area contributed by atoms with Crippen LogP contribution in [0.1, 0.15) is 18.7 Å². The summed E-state index contributed by atoms with van der Waals surface area (Å²) in [5.74, 6) is 1.74. The van der Waals surface area contributed by atoms with E-state index in [0.717, 1.165) is 35.3 Å². The molecule has 1 fully saturated rings. The van der Waals surface area contributed by atoms with Crippen molar-refractivity contribution in [3.8, 4) is 0 Å². The second-order valence-electron chi connectivity index (χ2n) is 3.71. The fraction of sp³-hybridized carbons (Fsp3) is 0.778. The van der Waals surface area contributed by atoms with Crippen molar-refractivity contribution in [1.29, 1.82) is 0 Å². The molecule has 5 heteroatoms. The third-order valence-electron chi connectivity index (χ3n) is 2.62. The maximum absolute atomic E-state index is 4.41. The molecule has 2 heterocycles. The molecule has 0 bridgehead atoms. The summed E-state index contributed by atoms with van der Waals surface area (Å²) in [6.07, 6.45) is 2.54. The van der Waals surface area contributed by atoms with Gasteiger partial charge >= 0.3 is 0 Å². The van der Waals surface area contributed by atoms with E-state index < -0.39 is 0 Å². The van der Waals surface area contributed by atoms with E-state index in [9.17, 15) is 0 Å². The highest BCUT2D eigenvalue weighted by Gasteiger charge is 2.20. The highest BCUT2D eigenvalue weighted by molar-refractivity contribution is 9.09. The number of nitrogens with zero attached hydrogens (tertiary/aromatic N) is 3. The first kappa shape index (κ1) is 10.4. The molecule has 1 aliphatic heterocycles. The van der Waals surface area contributed by atoms with Crippen LogP contribution in [0.3, 0.4) is 0 Å². The van der Waals surface area contributed by atoms with E-state index in [-0.39, 0.29) is 0 Å². The lowest BCUT2D eigenvalue weighted by Gasteiger charge is -2.30. The first-order valence-corrected chi connectivity index (χ1v) is 6.80. The predicted octanol–water partition coefficient (Wildman–Crippen LogP) is 2.46. The summed E-state index contributed by atoms with van der Waals surface area (Å²) in [5, 5.41) is 2.23. The first-order valence-electron chi connectivity index (χ1n) is 4.91. The van der Waals surface area contributed by atoms with Crippen molar-refractivity contribution < 1.29 is 0 Å². The molecule has 0 unspecified atom stereocenters. The average molecular weight is 276 g/mol. The Bertz CT molecular complexity index is 294. The van der Waals surface area contributed by atoms with Crippen molar-refractivity contribution >= 4 is 32.6 Å². The van der Waals surface area contributed by atoms with Gasteiger partial charge in [0.05, 0.1) is 0 Å². The van der Waals surface area contributed by atoms with Crippen LogP contribution in [-0.2, 0) is 0 Å². The topological polar surface area (TPSA) is 29.0 Å². The minimum absolute atomic E-state index is 0.847. The molecule has 3 nitrogen and oxygen atoms in total. The van der Waals surface area contributed by atoms with Crippen molar-refractivity contribution in [1.82, 2.24) is 9.36 Å².